The van der Waals surface area contributed by atoms with Gasteiger partial charge in [0.1, 0.15) is 5.82 Å². The molecule has 0 atom stereocenters. The first-order valence-corrected chi connectivity index (χ1v) is 10.3. The maximum Gasteiger partial charge on any atom is 0.254 e. The van der Waals surface area contributed by atoms with E-state index < -0.39 is 0 Å². The fraction of sp³-hybridized carbons (Fsp3) is 0.261. The van der Waals surface area contributed by atoms with Crippen LogP contribution in [0.4, 0.5) is 5.82 Å². The molecule has 3 aromatic heterocycles. The Morgan fingerprint density at radius 1 is 1.06 bits per heavy atom. The van der Waals surface area contributed by atoms with Gasteiger partial charge in [0.05, 0.1) is 29.2 Å². The second kappa shape index (κ2) is 7.79. The summed E-state index contributed by atoms with van der Waals surface area (Å²) in [5.74, 6) is 0.875. The van der Waals surface area contributed by atoms with Crippen molar-refractivity contribution >= 4 is 22.6 Å². The Labute approximate surface area is 180 Å². The van der Waals surface area contributed by atoms with Gasteiger partial charge in [-0.3, -0.25) is 14.5 Å². The van der Waals surface area contributed by atoms with Crippen LogP contribution in [0.15, 0.2) is 55.2 Å². The first-order chi connectivity index (χ1) is 15.1. The standard InChI is InChI=1S/C23H23N7O/c1-16-4-3-5-18-19(12-20(27-22(16)18)17-13-26-28(2)15-17)23(31)30-10-8-29(9-11-30)21-14-24-6-7-25-21/h3-7,12-15H,8-11H2,1-2H3. The van der Waals surface area contributed by atoms with Crippen LogP contribution in [0.2, 0.25) is 0 Å². The fourth-order valence-electron chi connectivity index (χ4n) is 4.03. The number of hydrogen-bond acceptors (Lipinski definition) is 6. The van der Waals surface area contributed by atoms with Gasteiger partial charge in [0.25, 0.3) is 5.91 Å². The van der Waals surface area contributed by atoms with E-state index in [1.165, 1.54) is 0 Å². The molecule has 1 amide bonds. The summed E-state index contributed by atoms with van der Waals surface area (Å²) < 4.78 is 1.74. The lowest BCUT2D eigenvalue weighted by molar-refractivity contribution is 0.0748. The number of aromatic nitrogens is 5. The number of hydrogen-bond donors (Lipinski definition) is 0. The van der Waals surface area contributed by atoms with Crippen LogP contribution in [-0.4, -0.2) is 61.7 Å². The van der Waals surface area contributed by atoms with E-state index >= 15 is 0 Å². The molecule has 0 saturated carbocycles. The number of anilines is 1. The number of para-hydroxylation sites is 1. The zero-order valence-corrected chi connectivity index (χ0v) is 17.6. The third-order valence-corrected chi connectivity index (χ3v) is 5.71. The Kier molecular flexibility index (Phi) is 4.82. The van der Waals surface area contributed by atoms with Gasteiger partial charge in [-0.05, 0) is 18.6 Å². The van der Waals surface area contributed by atoms with Crippen molar-refractivity contribution < 1.29 is 4.79 Å². The van der Waals surface area contributed by atoms with Crippen LogP contribution in [0.1, 0.15) is 15.9 Å². The molecule has 4 aromatic rings. The van der Waals surface area contributed by atoms with Crippen molar-refractivity contribution in [3.8, 4) is 11.3 Å². The van der Waals surface area contributed by atoms with Crippen LogP contribution < -0.4 is 4.90 Å². The molecule has 156 valence electrons. The SMILES string of the molecule is Cc1cccc2c(C(=O)N3CCN(c4cnccn4)CC3)cc(-c3cnn(C)c3)nc12. The molecule has 4 heterocycles. The molecule has 8 heteroatoms. The van der Waals surface area contributed by atoms with Gasteiger partial charge < -0.3 is 9.80 Å². The highest BCUT2D eigenvalue weighted by Gasteiger charge is 2.25. The second-order valence-electron chi connectivity index (χ2n) is 7.77. The molecule has 1 aromatic carbocycles. The molecule has 0 radical (unpaired) electrons. The summed E-state index contributed by atoms with van der Waals surface area (Å²) in [6.07, 6.45) is 8.81. The van der Waals surface area contributed by atoms with Crippen LogP contribution in [0.5, 0.6) is 0 Å². The van der Waals surface area contributed by atoms with E-state index in [-0.39, 0.29) is 5.91 Å². The Bertz CT molecular complexity index is 1240. The Balaban J connectivity index is 1.48. The van der Waals surface area contributed by atoms with Crippen LogP contribution in [0.25, 0.3) is 22.2 Å². The number of rotatable bonds is 3. The van der Waals surface area contributed by atoms with E-state index in [1.807, 2.05) is 49.3 Å². The Morgan fingerprint density at radius 2 is 1.90 bits per heavy atom. The predicted molar refractivity (Wildman–Crippen MR) is 119 cm³/mol. The third-order valence-electron chi connectivity index (χ3n) is 5.71. The summed E-state index contributed by atoms with van der Waals surface area (Å²) in [4.78, 5) is 31.0. The van der Waals surface area contributed by atoms with Gasteiger partial charge in [-0.1, -0.05) is 18.2 Å². The van der Waals surface area contributed by atoms with Crippen molar-refractivity contribution in [2.24, 2.45) is 7.05 Å². The summed E-state index contributed by atoms with van der Waals surface area (Å²) in [5, 5.41) is 5.15. The number of fused-ring (bicyclic) bond motifs is 1. The van der Waals surface area contributed by atoms with E-state index in [4.69, 9.17) is 4.98 Å². The minimum absolute atomic E-state index is 0.0296. The number of carbonyl (C=O) groups is 1. The van der Waals surface area contributed by atoms with Gasteiger partial charge in [-0.25, -0.2) is 9.97 Å². The maximum absolute atomic E-state index is 13.6. The minimum Gasteiger partial charge on any atom is -0.352 e. The molecule has 0 bridgehead atoms. The van der Waals surface area contributed by atoms with Gasteiger partial charge in [0, 0.05) is 62.8 Å². The van der Waals surface area contributed by atoms with Gasteiger partial charge in [-0.15, -0.1) is 0 Å². The molecule has 31 heavy (non-hydrogen) atoms. The number of benzene rings is 1. The number of amides is 1. The van der Waals surface area contributed by atoms with Crippen molar-refractivity contribution in [2.75, 3.05) is 31.1 Å². The highest BCUT2D eigenvalue weighted by atomic mass is 16.2. The number of carbonyl (C=O) groups excluding carboxylic acids is 1. The van der Waals surface area contributed by atoms with Crippen LogP contribution >= 0.6 is 0 Å². The van der Waals surface area contributed by atoms with E-state index in [9.17, 15) is 4.79 Å². The first-order valence-electron chi connectivity index (χ1n) is 10.3. The van der Waals surface area contributed by atoms with Crippen LogP contribution in [0, 0.1) is 6.92 Å². The fourth-order valence-corrected chi connectivity index (χ4v) is 4.03. The summed E-state index contributed by atoms with van der Waals surface area (Å²) in [5.41, 5.74) is 4.24. The molecule has 0 aliphatic carbocycles. The molecule has 5 rings (SSSR count). The lowest BCUT2D eigenvalue weighted by Gasteiger charge is -2.35. The Hall–Kier alpha value is -3.81. The average molecular weight is 413 g/mol. The van der Waals surface area contributed by atoms with E-state index in [0.29, 0.717) is 18.7 Å². The molecule has 0 spiro atoms. The largest absolute Gasteiger partial charge is 0.352 e. The molecule has 1 fully saturated rings. The van der Waals surface area contributed by atoms with E-state index in [2.05, 4.69) is 20.0 Å². The summed E-state index contributed by atoms with van der Waals surface area (Å²) in [6, 6.07) is 7.88. The molecule has 8 nitrogen and oxygen atoms in total. The maximum atomic E-state index is 13.6. The third kappa shape index (κ3) is 3.61. The topological polar surface area (TPSA) is 80.0 Å². The summed E-state index contributed by atoms with van der Waals surface area (Å²) >= 11 is 0. The molecule has 1 aliphatic heterocycles. The molecular formula is C23H23N7O. The Morgan fingerprint density at radius 3 is 2.61 bits per heavy atom. The summed E-state index contributed by atoms with van der Waals surface area (Å²) in [7, 11) is 1.87. The van der Waals surface area contributed by atoms with Crippen molar-refractivity contribution in [1.82, 2.24) is 29.6 Å². The summed E-state index contributed by atoms with van der Waals surface area (Å²) in [6.45, 7) is 4.74. The average Bonchev–Trinajstić information content (AvgIpc) is 3.25. The van der Waals surface area contributed by atoms with Crippen LogP contribution in [-0.2, 0) is 7.05 Å². The molecule has 1 aliphatic rings. The predicted octanol–water partition coefficient (Wildman–Crippen LogP) is 2.70. The number of aryl methyl sites for hydroxylation is 2. The van der Waals surface area contributed by atoms with Gasteiger partial charge >= 0.3 is 0 Å². The second-order valence-corrected chi connectivity index (χ2v) is 7.77. The van der Waals surface area contributed by atoms with Crippen LogP contribution in [0.3, 0.4) is 0 Å². The van der Waals surface area contributed by atoms with Gasteiger partial charge in [0.2, 0.25) is 0 Å². The molecule has 1 saturated heterocycles. The smallest absolute Gasteiger partial charge is 0.254 e. The number of nitrogens with zero attached hydrogens (tertiary/aromatic N) is 7. The highest BCUT2D eigenvalue weighted by molar-refractivity contribution is 6.07. The van der Waals surface area contributed by atoms with Crippen molar-refractivity contribution in [2.45, 2.75) is 6.92 Å². The highest BCUT2D eigenvalue weighted by Crippen LogP contribution is 2.28. The minimum atomic E-state index is 0.0296. The lowest BCUT2D eigenvalue weighted by atomic mass is 10.0. The number of piperazine rings is 1. The zero-order chi connectivity index (χ0) is 21.4. The lowest BCUT2D eigenvalue weighted by Crippen LogP contribution is -2.49. The molecular weight excluding hydrogens is 390 g/mol. The zero-order valence-electron chi connectivity index (χ0n) is 17.6. The number of pyridine rings is 1. The van der Waals surface area contributed by atoms with Gasteiger partial charge in [0.15, 0.2) is 0 Å². The van der Waals surface area contributed by atoms with Crippen molar-refractivity contribution in [1.29, 1.82) is 0 Å². The quantitative estimate of drug-likeness (QED) is 0.514. The molecule has 0 unspecified atom stereocenters. The van der Waals surface area contributed by atoms with E-state index in [0.717, 1.165) is 46.6 Å². The monoisotopic (exact) mass is 413 g/mol. The normalized spacial score (nSPS) is 14.3. The van der Waals surface area contributed by atoms with Crippen molar-refractivity contribution in [3.63, 3.8) is 0 Å². The van der Waals surface area contributed by atoms with Crippen molar-refractivity contribution in [3.05, 3.63) is 66.4 Å². The van der Waals surface area contributed by atoms with E-state index in [1.54, 1.807) is 29.5 Å². The first kappa shape index (κ1) is 19.2. The molecule has 0 N–H and O–H groups in total. The van der Waals surface area contributed by atoms with Gasteiger partial charge in [-0.2, -0.15) is 5.10 Å².